The number of amides is 2. The molecular weight excluding hydrogens is 456 g/mol. The summed E-state index contributed by atoms with van der Waals surface area (Å²) in [5, 5.41) is 1.01. The molecule has 3 aromatic heterocycles. The highest BCUT2D eigenvalue weighted by atomic mass is 16.2. The Morgan fingerprint density at radius 2 is 1.92 bits per heavy atom. The monoisotopic (exact) mass is 480 g/mol. The number of imidazole rings is 1. The van der Waals surface area contributed by atoms with Gasteiger partial charge in [0.2, 0.25) is 0 Å². The molecule has 0 unspecified atom stereocenters. The number of nitrogens with two attached hydrogens (primary N) is 2. The maximum Gasteiger partial charge on any atom is 0.299 e. The Balaban J connectivity index is 1.52. The molecule has 2 amide bonds. The minimum absolute atomic E-state index is 0.220. The van der Waals surface area contributed by atoms with Crippen LogP contribution in [0.4, 0.5) is 11.6 Å². The first kappa shape index (κ1) is 23.0. The summed E-state index contributed by atoms with van der Waals surface area (Å²) in [6.45, 7) is 2.26. The molecule has 0 bridgehead atoms. The lowest BCUT2D eigenvalue weighted by Crippen LogP contribution is -2.38. The lowest BCUT2D eigenvalue weighted by molar-refractivity contribution is -0.126. The molecule has 0 aliphatic carbocycles. The van der Waals surface area contributed by atoms with Gasteiger partial charge < -0.3 is 10.6 Å². The lowest BCUT2D eigenvalue weighted by Gasteiger charge is -2.21. The maximum atomic E-state index is 12.9. The quantitative estimate of drug-likeness (QED) is 0.198. The molecule has 4 aromatic rings. The third-order valence-electron chi connectivity index (χ3n) is 6.17. The summed E-state index contributed by atoms with van der Waals surface area (Å²) >= 11 is 0. The Morgan fingerprint density at radius 3 is 2.64 bits per heavy atom. The van der Waals surface area contributed by atoms with Crippen LogP contribution in [0, 0.1) is 11.8 Å². The molecule has 1 aliphatic rings. The van der Waals surface area contributed by atoms with Crippen LogP contribution in [-0.4, -0.2) is 42.6 Å². The first-order valence-corrected chi connectivity index (χ1v) is 11.5. The number of rotatable bonds is 4. The van der Waals surface area contributed by atoms with Gasteiger partial charge in [-0.2, -0.15) is 0 Å². The Bertz CT molecular complexity index is 1500. The Hall–Kier alpha value is -4.75. The van der Waals surface area contributed by atoms with Crippen LogP contribution in [0.3, 0.4) is 0 Å². The van der Waals surface area contributed by atoms with Crippen molar-refractivity contribution in [1.29, 1.82) is 0 Å². The molecule has 1 aromatic carbocycles. The maximum absolute atomic E-state index is 12.9. The number of likely N-dealkylation sites (tertiary alicyclic amines) is 1. The number of anilines is 2. The number of carbonyl (C=O) groups is 2. The number of hydrogen-bond acceptors (Lipinski definition) is 7. The largest absolute Gasteiger partial charge is 0.382 e. The standard InChI is InChI=1S/C26H24N8O2/c1-2-6-21(35)32-15-5-7-19(32)25-31-22(23-24(27)30-14-16-33(23)25)17-9-11-18(12-10-17)26(36)34(28)20-8-3-4-13-29-20/h3-4,8-14,16,19H,5,7,15,28H2,1H3,(H2,27,30)/t19-/m0/s1. The van der Waals surface area contributed by atoms with Gasteiger partial charge in [-0.1, -0.05) is 24.1 Å². The van der Waals surface area contributed by atoms with Crippen LogP contribution < -0.4 is 16.6 Å². The van der Waals surface area contributed by atoms with Crippen LogP contribution in [0.25, 0.3) is 16.8 Å². The van der Waals surface area contributed by atoms with Crippen LogP contribution in [0.5, 0.6) is 0 Å². The van der Waals surface area contributed by atoms with Gasteiger partial charge in [-0.15, -0.1) is 0 Å². The predicted molar refractivity (Wildman–Crippen MR) is 135 cm³/mol. The molecule has 5 rings (SSSR count). The fourth-order valence-corrected chi connectivity index (χ4v) is 4.49. The van der Waals surface area contributed by atoms with Gasteiger partial charge in [0.1, 0.15) is 28.7 Å². The van der Waals surface area contributed by atoms with Gasteiger partial charge in [0.05, 0.1) is 6.04 Å². The van der Waals surface area contributed by atoms with Crippen LogP contribution in [0.1, 0.15) is 42.0 Å². The van der Waals surface area contributed by atoms with Crippen molar-refractivity contribution in [1.82, 2.24) is 24.3 Å². The zero-order valence-corrected chi connectivity index (χ0v) is 19.6. The zero-order valence-electron chi connectivity index (χ0n) is 19.6. The molecule has 1 saturated heterocycles. The third-order valence-corrected chi connectivity index (χ3v) is 6.17. The van der Waals surface area contributed by atoms with Crippen molar-refractivity contribution >= 4 is 29.0 Å². The van der Waals surface area contributed by atoms with Gasteiger partial charge in [-0.05, 0) is 50.0 Å². The third kappa shape index (κ3) is 4.01. The Kier molecular flexibility index (Phi) is 6.06. The first-order valence-electron chi connectivity index (χ1n) is 11.5. The van der Waals surface area contributed by atoms with Crippen molar-refractivity contribution in [3.63, 3.8) is 0 Å². The molecule has 1 atom stereocenters. The summed E-state index contributed by atoms with van der Waals surface area (Å²) in [5.74, 6) is 12.0. The summed E-state index contributed by atoms with van der Waals surface area (Å²) < 4.78 is 1.88. The second-order valence-electron chi connectivity index (χ2n) is 8.32. The van der Waals surface area contributed by atoms with Crippen molar-refractivity contribution < 1.29 is 9.59 Å². The number of hydrazine groups is 1. The van der Waals surface area contributed by atoms with Crippen molar-refractivity contribution in [2.45, 2.75) is 25.8 Å². The molecule has 10 heteroatoms. The Morgan fingerprint density at radius 1 is 1.11 bits per heavy atom. The number of pyridine rings is 1. The second-order valence-corrected chi connectivity index (χ2v) is 8.32. The summed E-state index contributed by atoms with van der Waals surface area (Å²) in [5.41, 5.74) is 8.67. The van der Waals surface area contributed by atoms with Gasteiger partial charge in [0, 0.05) is 36.3 Å². The average Bonchev–Trinajstić information content (AvgIpc) is 3.54. The fourth-order valence-electron chi connectivity index (χ4n) is 4.49. The molecule has 180 valence electrons. The zero-order chi connectivity index (χ0) is 25.2. The molecule has 4 heterocycles. The predicted octanol–water partition coefficient (Wildman–Crippen LogP) is 2.58. The van der Waals surface area contributed by atoms with Crippen LogP contribution in [0.15, 0.2) is 61.1 Å². The SMILES string of the molecule is CC#CC(=O)N1CCC[C@H]1c1nc(-c2ccc(C(=O)N(N)c3ccccn3)cc2)c2c(N)nccn12. The minimum atomic E-state index is -0.394. The van der Waals surface area contributed by atoms with E-state index < -0.39 is 5.91 Å². The molecule has 1 aliphatic heterocycles. The van der Waals surface area contributed by atoms with E-state index in [-0.39, 0.29) is 11.9 Å². The van der Waals surface area contributed by atoms with E-state index in [9.17, 15) is 9.59 Å². The summed E-state index contributed by atoms with van der Waals surface area (Å²) in [6, 6.07) is 11.9. The summed E-state index contributed by atoms with van der Waals surface area (Å²) in [4.78, 5) is 40.5. The molecule has 0 spiro atoms. The number of nitrogens with zero attached hydrogens (tertiary/aromatic N) is 6. The summed E-state index contributed by atoms with van der Waals surface area (Å²) in [7, 11) is 0. The van der Waals surface area contributed by atoms with Crippen molar-refractivity contribution in [3.8, 4) is 23.1 Å². The topological polar surface area (TPSA) is 136 Å². The first-order chi connectivity index (χ1) is 17.5. The lowest BCUT2D eigenvalue weighted by atomic mass is 10.1. The highest BCUT2D eigenvalue weighted by Gasteiger charge is 2.33. The number of nitrogen functional groups attached to an aromatic ring is 1. The van der Waals surface area contributed by atoms with E-state index in [1.807, 2.05) is 4.40 Å². The molecule has 0 saturated carbocycles. The van der Waals surface area contributed by atoms with Crippen molar-refractivity contribution in [3.05, 3.63) is 72.4 Å². The molecule has 36 heavy (non-hydrogen) atoms. The summed E-state index contributed by atoms with van der Waals surface area (Å²) in [6.07, 6.45) is 6.60. The number of hydrogen-bond donors (Lipinski definition) is 2. The molecule has 10 nitrogen and oxygen atoms in total. The van der Waals surface area contributed by atoms with Crippen LogP contribution >= 0.6 is 0 Å². The Labute approximate surface area is 207 Å². The molecular formula is C26H24N8O2. The van der Waals surface area contributed by atoms with Crippen LogP contribution in [0.2, 0.25) is 0 Å². The van der Waals surface area contributed by atoms with Crippen molar-refractivity contribution in [2.75, 3.05) is 17.3 Å². The highest BCUT2D eigenvalue weighted by molar-refractivity contribution is 6.05. The number of fused-ring (bicyclic) bond motifs is 1. The van der Waals surface area contributed by atoms with E-state index >= 15 is 0 Å². The van der Waals surface area contributed by atoms with E-state index in [4.69, 9.17) is 16.6 Å². The fraction of sp³-hybridized carbons (Fsp3) is 0.192. The van der Waals surface area contributed by atoms with Crippen molar-refractivity contribution in [2.24, 2.45) is 5.84 Å². The minimum Gasteiger partial charge on any atom is -0.382 e. The number of carbonyl (C=O) groups excluding carboxylic acids is 2. The van der Waals surface area contributed by atoms with Gasteiger partial charge in [-0.3, -0.25) is 14.0 Å². The van der Waals surface area contributed by atoms with E-state index in [2.05, 4.69) is 21.8 Å². The van der Waals surface area contributed by atoms with E-state index in [1.165, 1.54) is 0 Å². The van der Waals surface area contributed by atoms with E-state index in [1.54, 1.807) is 72.9 Å². The van der Waals surface area contributed by atoms with Gasteiger partial charge in [0.25, 0.3) is 11.8 Å². The van der Waals surface area contributed by atoms with Gasteiger partial charge in [-0.25, -0.2) is 25.8 Å². The molecule has 1 fully saturated rings. The normalized spacial score (nSPS) is 14.9. The van der Waals surface area contributed by atoms with Gasteiger partial charge in [0.15, 0.2) is 0 Å². The van der Waals surface area contributed by atoms with Gasteiger partial charge >= 0.3 is 0 Å². The van der Waals surface area contributed by atoms with E-state index in [0.717, 1.165) is 23.4 Å². The average molecular weight is 481 g/mol. The molecule has 0 radical (unpaired) electrons. The van der Waals surface area contributed by atoms with Crippen LogP contribution in [-0.2, 0) is 4.79 Å². The van der Waals surface area contributed by atoms with E-state index in [0.29, 0.717) is 40.8 Å². The highest BCUT2D eigenvalue weighted by Crippen LogP contribution is 2.36. The smallest absolute Gasteiger partial charge is 0.299 e. The number of benzene rings is 1. The molecule has 4 N–H and O–H groups in total. The second kappa shape index (κ2) is 9.48. The number of aromatic nitrogens is 4.